The van der Waals surface area contributed by atoms with Gasteiger partial charge < -0.3 is 25.8 Å². The Hall–Kier alpha value is -2.99. The number of nitrogens with one attached hydrogen (secondary N) is 2. The Kier molecular flexibility index (Phi) is 10.5. The lowest BCUT2D eigenvalue weighted by molar-refractivity contribution is -0.134. The van der Waals surface area contributed by atoms with E-state index in [1.807, 2.05) is 29.2 Å². The van der Waals surface area contributed by atoms with Crippen LogP contribution < -0.4 is 22.1 Å². The van der Waals surface area contributed by atoms with Gasteiger partial charge in [0.05, 0.1) is 11.7 Å². The molecule has 5 rings (SSSR count). The number of hydrogen-bond donors (Lipinski definition) is 3. The first kappa shape index (κ1) is 30.0. The van der Waals surface area contributed by atoms with Crippen molar-refractivity contribution in [2.45, 2.75) is 50.6 Å². The number of likely N-dealkylation sites (tertiary alicyclic amines) is 1. The molecule has 4 N–H and O–H groups in total. The van der Waals surface area contributed by atoms with E-state index in [4.69, 9.17) is 5.73 Å². The zero-order chi connectivity index (χ0) is 27.2. The quantitative estimate of drug-likeness (QED) is 0.478. The van der Waals surface area contributed by atoms with Crippen molar-refractivity contribution in [1.82, 2.24) is 29.6 Å². The lowest BCUT2D eigenvalue weighted by Gasteiger charge is -2.35. The van der Waals surface area contributed by atoms with E-state index in [1.54, 1.807) is 17.2 Å². The zero-order valence-corrected chi connectivity index (χ0v) is 23.8. The lowest BCUT2D eigenvalue weighted by atomic mass is 10.1. The van der Waals surface area contributed by atoms with Crippen LogP contribution in [0.15, 0.2) is 41.3 Å². The van der Waals surface area contributed by atoms with Crippen molar-refractivity contribution in [2.75, 3.05) is 57.7 Å². The van der Waals surface area contributed by atoms with Gasteiger partial charge in [0.15, 0.2) is 0 Å². The molecule has 3 aliphatic heterocycles. The van der Waals surface area contributed by atoms with E-state index in [0.717, 1.165) is 70.4 Å². The SMILES string of the molecule is Cl.NC1CCCN(CCc2ccc(-n3ccc(NC(=O)N4CCN(C(=O)[C@@H]5CCCN5)CC4)nc3=O)cc2)CC1. The van der Waals surface area contributed by atoms with E-state index in [9.17, 15) is 14.4 Å². The van der Waals surface area contributed by atoms with Gasteiger partial charge in [-0.1, -0.05) is 12.1 Å². The Morgan fingerprint density at radius 1 is 0.950 bits per heavy atom. The Labute approximate surface area is 241 Å². The maximum atomic E-state index is 12.8. The number of halogens is 1. The normalized spacial score (nSPS) is 21.9. The van der Waals surface area contributed by atoms with Crippen LogP contribution in [-0.2, 0) is 11.2 Å². The van der Waals surface area contributed by atoms with Crippen molar-refractivity contribution in [3.63, 3.8) is 0 Å². The highest BCUT2D eigenvalue weighted by Gasteiger charge is 2.30. The number of hydrogen-bond acceptors (Lipinski definition) is 7. The molecule has 2 atom stereocenters. The van der Waals surface area contributed by atoms with Crippen LogP contribution in [0.5, 0.6) is 0 Å². The van der Waals surface area contributed by atoms with Crippen LogP contribution in [0.3, 0.4) is 0 Å². The molecular formula is C28H41ClN8O3. The van der Waals surface area contributed by atoms with E-state index in [2.05, 4.69) is 20.5 Å². The fourth-order valence-electron chi connectivity index (χ4n) is 5.62. The molecule has 3 amide bonds. The molecule has 0 radical (unpaired) electrons. The maximum Gasteiger partial charge on any atom is 0.354 e. The monoisotopic (exact) mass is 572 g/mol. The largest absolute Gasteiger partial charge is 0.354 e. The van der Waals surface area contributed by atoms with E-state index >= 15 is 0 Å². The number of urea groups is 1. The number of carbonyl (C=O) groups excluding carboxylic acids is 2. The summed E-state index contributed by atoms with van der Waals surface area (Å²) < 4.78 is 1.47. The minimum Gasteiger partial charge on any atom is -0.338 e. The summed E-state index contributed by atoms with van der Waals surface area (Å²) in [6.45, 7) is 5.93. The molecule has 3 aliphatic rings. The summed E-state index contributed by atoms with van der Waals surface area (Å²) in [5, 5.41) is 5.97. The summed E-state index contributed by atoms with van der Waals surface area (Å²) >= 11 is 0. The minimum atomic E-state index is -0.457. The average molecular weight is 573 g/mol. The first-order chi connectivity index (χ1) is 19.0. The van der Waals surface area contributed by atoms with E-state index < -0.39 is 5.69 Å². The van der Waals surface area contributed by atoms with Crippen molar-refractivity contribution in [3.05, 3.63) is 52.6 Å². The molecule has 0 aliphatic carbocycles. The van der Waals surface area contributed by atoms with Gasteiger partial charge >= 0.3 is 11.7 Å². The van der Waals surface area contributed by atoms with Crippen LogP contribution >= 0.6 is 12.4 Å². The van der Waals surface area contributed by atoms with E-state index in [0.29, 0.717) is 32.2 Å². The molecule has 1 aromatic heterocycles. The van der Waals surface area contributed by atoms with Crippen LogP contribution in [0.1, 0.15) is 37.7 Å². The van der Waals surface area contributed by atoms with Gasteiger partial charge in [0, 0.05) is 45.0 Å². The predicted molar refractivity (Wildman–Crippen MR) is 157 cm³/mol. The van der Waals surface area contributed by atoms with Crippen LogP contribution in [-0.4, -0.2) is 101 Å². The number of aromatic nitrogens is 2. The summed E-state index contributed by atoms with van der Waals surface area (Å²) in [7, 11) is 0. The number of nitrogens with zero attached hydrogens (tertiary/aromatic N) is 5. The molecule has 40 heavy (non-hydrogen) atoms. The third-order valence-electron chi connectivity index (χ3n) is 8.07. The molecule has 3 saturated heterocycles. The molecule has 218 valence electrons. The fourth-order valence-corrected chi connectivity index (χ4v) is 5.62. The van der Waals surface area contributed by atoms with Crippen LogP contribution in [0.25, 0.3) is 5.69 Å². The molecule has 3 fully saturated rings. The number of piperazine rings is 1. The van der Waals surface area contributed by atoms with Gasteiger partial charge in [0.25, 0.3) is 0 Å². The van der Waals surface area contributed by atoms with Crippen molar-refractivity contribution in [3.8, 4) is 5.69 Å². The number of nitrogens with two attached hydrogens (primary N) is 1. The Morgan fingerprint density at radius 2 is 1.70 bits per heavy atom. The lowest BCUT2D eigenvalue weighted by Crippen LogP contribution is -2.55. The summed E-state index contributed by atoms with van der Waals surface area (Å²) in [5.74, 6) is 0.331. The Morgan fingerprint density at radius 3 is 2.40 bits per heavy atom. The third-order valence-corrected chi connectivity index (χ3v) is 8.07. The second-order valence-corrected chi connectivity index (χ2v) is 10.8. The molecule has 4 heterocycles. The fraction of sp³-hybridized carbons (Fsp3) is 0.571. The first-order valence-corrected chi connectivity index (χ1v) is 14.2. The topological polar surface area (TPSA) is 129 Å². The third kappa shape index (κ3) is 7.60. The number of carbonyl (C=O) groups is 2. The molecule has 1 aromatic carbocycles. The van der Waals surface area contributed by atoms with E-state index in [-0.39, 0.29) is 36.2 Å². The van der Waals surface area contributed by atoms with Crippen LogP contribution in [0.2, 0.25) is 0 Å². The summed E-state index contributed by atoms with van der Waals surface area (Å²) in [6, 6.07) is 9.49. The van der Waals surface area contributed by atoms with Gasteiger partial charge in [-0.15, -0.1) is 12.4 Å². The molecule has 0 bridgehead atoms. The van der Waals surface area contributed by atoms with Gasteiger partial charge in [0.1, 0.15) is 5.82 Å². The molecule has 1 unspecified atom stereocenters. The van der Waals surface area contributed by atoms with Crippen molar-refractivity contribution in [1.29, 1.82) is 0 Å². The molecule has 11 nitrogen and oxygen atoms in total. The van der Waals surface area contributed by atoms with Gasteiger partial charge in [-0.25, -0.2) is 9.59 Å². The smallest absolute Gasteiger partial charge is 0.338 e. The highest BCUT2D eigenvalue weighted by Crippen LogP contribution is 2.14. The molecule has 2 aromatic rings. The predicted octanol–water partition coefficient (Wildman–Crippen LogP) is 1.44. The highest BCUT2D eigenvalue weighted by molar-refractivity contribution is 5.88. The van der Waals surface area contributed by atoms with Crippen LogP contribution in [0.4, 0.5) is 10.6 Å². The number of benzene rings is 1. The van der Waals surface area contributed by atoms with Gasteiger partial charge in [-0.05, 0) is 81.9 Å². The van der Waals surface area contributed by atoms with Crippen molar-refractivity contribution >= 4 is 30.2 Å². The minimum absolute atomic E-state index is 0. The number of amides is 3. The van der Waals surface area contributed by atoms with Crippen molar-refractivity contribution < 1.29 is 9.59 Å². The average Bonchev–Trinajstić information content (AvgIpc) is 3.41. The molecule has 0 saturated carbocycles. The second-order valence-electron chi connectivity index (χ2n) is 10.8. The van der Waals surface area contributed by atoms with Gasteiger partial charge in [0.2, 0.25) is 5.91 Å². The van der Waals surface area contributed by atoms with E-state index in [1.165, 1.54) is 10.1 Å². The maximum absolute atomic E-state index is 12.8. The zero-order valence-electron chi connectivity index (χ0n) is 23.0. The second kappa shape index (κ2) is 14.1. The Bertz CT molecular complexity index is 1190. The molecule has 0 spiro atoms. The summed E-state index contributed by atoms with van der Waals surface area (Å²) in [6.07, 6.45) is 7.79. The van der Waals surface area contributed by atoms with Crippen molar-refractivity contribution in [2.24, 2.45) is 5.73 Å². The first-order valence-electron chi connectivity index (χ1n) is 14.2. The molecular weight excluding hydrogens is 532 g/mol. The molecule has 12 heteroatoms. The summed E-state index contributed by atoms with van der Waals surface area (Å²) in [4.78, 5) is 48.1. The Balaban J connectivity index is 0.00000370. The highest BCUT2D eigenvalue weighted by atomic mass is 35.5. The van der Waals surface area contributed by atoms with Crippen LogP contribution in [0, 0.1) is 0 Å². The number of anilines is 1. The number of rotatable bonds is 6. The summed E-state index contributed by atoms with van der Waals surface area (Å²) in [5.41, 5.74) is 7.58. The van der Waals surface area contributed by atoms with Gasteiger partial charge in [-0.2, -0.15) is 4.98 Å². The van der Waals surface area contributed by atoms with Gasteiger partial charge in [-0.3, -0.25) is 14.7 Å². The standard InChI is InChI=1S/C28H40N8O3.ClH/c29-22-3-2-13-33(15-10-22)14-9-21-5-7-23(8-6-21)36-16-11-25(32-28(36)39)31-27(38)35-19-17-34(18-20-35)26(37)24-4-1-12-30-24;/h5-8,11,16,22,24,30H,1-4,9-10,12-15,17-20,29H2,(H,31,32,38,39);1H/t22?,24-;/m0./s1.